The Balaban J connectivity index is 2.22. The Morgan fingerprint density at radius 2 is 2.07 bits per heavy atom. The monoisotopic (exact) mass is 213 g/mol. The van der Waals surface area contributed by atoms with Crippen LogP contribution in [0.2, 0.25) is 5.02 Å². The summed E-state index contributed by atoms with van der Waals surface area (Å²) in [5.41, 5.74) is 0. The Kier molecular flexibility index (Phi) is 2.74. The molecule has 1 aliphatic heterocycles. The van der Waals surface area contributed by atoms with E-state index in [2.05, 4.69) is 10.2 Å². The summed E-state index contributed by atoms with van der Waals surface area (Å²) in [5, 5.41) is 15.2. The zero-order valence-corrected chi connectivity index (χ0v) is 8.50. The van der Waals surface area contributed by atoms with E-state index < -0.39 is 0 Å². The summed E-state index contributed by atoms with van der Waals surface area (Å²) in [5.74, 6) is 0.677. The Hall–Kier alpha value is -1.00. The van der Waals surface area contributed by atoms with Gasteiger partial charge in [-0.1, -0.05) is 11.6 Å². The van der Waals surface area contributed by atoms with Crippen molar-refractivity contribution >= 4 is 17.4 Å². The summed E-state index contributed by atoms with van der Waals surface area (Å²) in [4.78, 5) is 2.06. The van der Waals surface area contributed by atoms with Crippen LogP contribution in [0.1, 0.15) is 0 Å². The molecule has 1 aromatic heterocycles. The highest BCUT2D eigenvalue weighted by molar-refractivity contribution is 6.30. The Morgan fingerprint density at radius 1 is 1.36 bits per heavy atom. The molecule has 0 radical (unpaired) electrons. The van der Waals surface area contributed by atoms with Crippen LogP contribution in [-0.4, -0.2) is 26.2 Å². The van der Waals surface area contributed by atoms with Crippen molar-refractivity contribution < 1.29 is 4.73 Å². The molecule has 1 aliphatic rings. The number of rotatable bonds is 1. The lowest BCUT2D eigenvalue weighted by molar-refractivity contribution is -0.592. The normalized spacial score (nSPS) is 17.1. The van der Waals surface area contributed by atoms with Crippen LogP contribution in [0.3, 0.4) is 0 Å². The van der Waals surface area contributed by atoms with E-state index in [1.54, 1.807) is 12.1 Å². The van der Waals surface area contributed by atoms with E-state index in [0.29, 0.717) is 10.8 Å². The second kappa shape index (κ2) is 4.02. The average Bonchev–Trinajstić information content (AvgIpc) is 2.19. The highest BCUT2D eigenvalue weighted by atomic mass is 35.5. The minimum atomic E-state index is 0.471. The standard InChI is InChI=1S/C9H12ClN3O/c10-8-1-2-9(13(14)7-8)12-5-3-11-4-6-12/h1-2,7,11H,3-6H2. The van der Waals surface area contributed by atoms with Gasteiger partial charge in [0.25, 0.3) is 5.82 Å². The van der Waals surface area contributed by atoms with Gasteiger partial charge in [-0.15, -0.1) is 0 Å². The van der Waals surface area contributed by atoms with Crippen molar-refractivity contribution in [2.24, 2.45) is 0 Å². The summed E-state index contributed by atoms with van der Waals surface area (Å²) < 4.78 is 0.827. The lowest BCUT2D eigenvalue weighted by Crippen LogP contribution is -2.48. The van der Waals surface area contributed by atoms with Crippen molar-refractivity contribution in [1.29, 1.82) is 0 Å². The molecule has 0 unspecified atom stereocenters. The summed E-state index contributed by atoms with van der Waals surface area (Å²) >= 11 is 5.70. The van der Waals surface area contributed by atoms with Gasteiger partial charge in [0.2, 0.25) is 0 Å². The molecule has 1 N–H and O–H groups in total. The van der Waals surface area contributed by atoms with Gasteiger partial charge in [0.15, 0.2) is 0 Å². The molecule has 1 fully saturated rings. The van der Waals surface area contributed by atoms with Gasteiger partial charge in [0.1, 0.15) is 6.20 Å². The molecule has 0 aliphatic carbocycles. The zero-order valence-electron chi connectivity index (χ0n) is 7.74. The van der Waals surface area contributed by atoms with E-state index in [-0.39, 0.29) is 0 Å². The Bertz CT molecular complexity index is 326. The van der Waals surface area contributed by atoms with Crippen LogP contribution in [0.15, 0.2) is 18.3 Å². The van der Waals surface area contributed by atoms with E-state index in [1.165, 1.54) is 6.20 Å². The summed E-state index contributed by atoms with van der Waals surface area (Å²) in [6, 6.07) is 3.51. The molecule has 76 valence electrons. The third-order valence-corrected chi connectivity index (χ3v) is 2.52. The van der Waals surface area contributed by atoms with Crippen molar-refractivity contribution in [1.82, 2.24) is 5.32 Å². The first-order valence-corrected chi connectivity index (χ1v) is 4.99. The smallest absolute Gasteiger partial charge is 0.279 e. The molecule has 0 saturated carbocycles. The summed E-state index contributed by atoms with van der Waals surface area (Å²) in [6.07, 6.45) is 1.39. The molecule has 1 saturated heterocycles. The fourth-order valence-electron chi connectivity index (χ4n) is 1.59. The topological polar surface area (TPSA) is 42.2 Å². The highest BCUT2D eigenvalue weighted by Gasteiger charge is 2.19. The van der Waals surface area contributed by atoms with Crippen LogP contribution in [-0.2, 0) is 0 Å². The lowest BCUT2D eigenvalue weighted by Gasteiger charge is -2.24. The van der Waals surface area contributed by atoms with E-state index in [1.807, 2.05) is 0 Å². The number of aromatic nitrogens is 1. The first-order chi connectivity index (χ1) is 6.77. The van der Waals surface area contributed by atoms with Crippen LogP contribution in [0.25, 0.3) is 0 Å². The van der Waals surface area contributed by atoms with Crippen molar-refractivity contribution in [3.05, 3.63) is 28.6 Å². The Morgan fingerprint density at radius 3 is 2.71 bits per heavy atom. The fourth-order valence-corrected chi connectivity index (χ4v) is 1.74. The molecule has 5 heteroatoms. The van der Waals surface area contributed by atoms with Gasteiger partial charge in [-0.25, -0.2) is 4.73 Å². The lowest BCUT2D eigenvalue weighted by atomic mass is 10.3. The molecule has 14 heavy (non-hydrogen) atoms. The quantitative estimate of drug-likeness (QED) is 0.542. The molecule has 2 rings (SSSR count). The second-order valence-electron chi connectivity index (χ2n) is 3.27. The number of halogens is 1. The predicted octanol–water partition coefficient (Wildman–Crippen LogP) is 0.383. The molecule has 1 aromatic rings. The maximum atomic E-state index is 11.5. The van der Waals surface area contributed by atoms with Gasteiger partial charge in [-0.3, -0.25) is 4.90 Å². The second-order valence-corrected chi connectivity index (χ2v) is 3.70. The van der Waals surface area contributed by atoms with Gasteiger partial charge in [0.05, 0.1) is 18.1 Å². The molecule has 0 spiro atoms. The maximum Gasteiger partial charge on any atom is 0.279 e. The van der Waals surface area contributed by atoms with Crippen molar-refractivity contribution in [2.75, 3.05) is 31.1 Å². The van der Waals surface area contributed by atoms with Gasteiger partial charge in [0, 0.05) is 19.2 Å². The SMILES string of the molecule is [O-][n+]1cc(Cl)ccc1N1CCNCC1. The number of pyridine rings is 1. The molecule has 4 nitrogen and oxygen atoms in total. The first-order valence-electron chi connectivity index (χ1n) is 4.62. The minimum absolute atomic E-state index is 0.471. The van der Waals surface area contributed by atoms with Crippen LogP contribution < -0.4 is 14.9 Å². The van der Waals surface area contributed by atoms with Crippen LogP contribution in [0, 0.1) is 5.21 Å². The van der Waals surface area contributed by atoms with Crippen molar-refractivity contribution in [3.63, 3.8) is 0 Å². The average molecular weight is 214 g/mol. The predicted molar refractivity (Wildman–Crippen MR) is 55.5 cm³/mol. The summed E-state index contributed by atoms with van der Waals surface area (Å²) in [7, 11) is 0. The molecule has 0 bridgehead atoms. The molecule has 0 amide bonds. The van der Waals surface area contributed by atoms with Crippen molar-refractivity contribution in [3.8, 4) is 0 Å². The van der Waals surface area contributed by atoms with Gasteiger partial charge in [-0.05, 0) is 6.07 Å². The molecular weight excluding hydrogens is 202 g/mol. The van der Waals surface area contributed by atoms with E-state index in [9.17, 15) is 5.21 Å². The maximum absolute atomic E-state index is 11.5. The fraction of sp³-hybridized carbons (Fsp3) is 0.444. The number of hydrogen-bond donors (Lipinski definition) is 1. The third-order valence-electron chi connectivity index (χ3n) is 2.30. The molecule has 2 heterocycles. The molecular formula is C9H12ClN3O. The number of anilines is 1. The van der Waals surface area contributed by atoms with Crippen LogP contribution >= 0.6 is 11.6 Å². The largest absolute Gasteiger partial charge is 0.711 e. The minimum Gasteiger partial charge on any atom is -0.711 e. The van der Waals surface area contributed by atoms with E-state index >= 15 is 0 Å². The van der Waals surface area contributed by atoms with Crippen molar-refractivity contribution in [2.45, 2.75) is 0 Å². The van der Waals surface area contributed by atoms with Crippen LogP contribution in [0.5, 0.6) is 0 Å². The highest BCUT2D eigenvalue weighted by Crippen LogP contribution is 2.12. The Labute approximate surface area is 87.7 Å². The van der Waals surface area contributed by atoms with Gasteiger partial charge < -0.3 is 10.5 Å². The van der Waals surface area contributed by atoms with Gasteiger partial charge in [-0.2, -0.15) is 0 Å². The van der Waals surface area contributed by atoms with Gasteiger partial charge >= 0.3 is 0 Å². The number of piperazine rings is 1. The first kappa shape index (κ1) is 9.55. The third kappa shape index (κ3) is 1.91. The number of hydrogen-bond acceptors (Lipinski definition) is 3. The summed E-state index contributed by atoms with van der Waals surface area (Å²) in [6.45, 7) is 3.57. The zero-order chi connectivity index (χ0) is 9.97. The van der Waals surface area contributed by atoms with Crippen LogP contribution in [0.4, 0.5) is 5.82 Å². The number of nitrogens with zero attached hydrogens (tertiary/aromatic N) is 2. The number of nitrogens with one attached hydrogen (secondary N) is 1. The van der Waals surface area contributed by atoms with E-state index in [0.717, 1.165) is 30.9 Å². The van der Waals surface area contributed by atoms with E-state index in [4.69, 9.17) is 11.6 Å². The molecule has 0 atom stereocenters. The molecule has 0 aromatic carbocycles.